The van der Waals surface area contributed by atoms with Gasteiger partial charge in [0.15, 0.2) is 11.5 Å². The Kier molecular flexibility index (Phi) is 11.1. The van der Waals surface area contributed by atoms with Gasteiger partial charge in [-0.25, -0.2) is 23.7 Å². The molecular weight excluding hydrogens is 756 g/mol. The van der Waals surface area contributed by atoms with Crippen LogP contribution < -0.4 is 20.1 Å². The van der Waals surface area contributed by atoms with E-state index in [1.54, 1.807) is 24.3 Å². The van der Waals surface area contributed by atoms with Gasteiger partial charge in [0.05, 0.1) is 22.2 Å². The molecule has 2 N–H and O–H groups in total. The summed E-state index contributed by atoms with van der Waals surface area (Å²) < 4.78 is 84.4. The highest BCUT2D eigenvalue weighted by Crippen LogP contribution is 2.44. The Morgan fingerprint density at radius 2 is 1.86 bits per heavy atom. The van der Waals surface area contributed by atoms with E-state index in [0.29, 0.717) is 46.2 Å². The van der Waals surface area contributed by atoms with Crippen molar-refractivity contribution in [1.29, 1.82) is 0 Å². The number of terminal acetylenes is 1. The number of rotatable bonds is 8. The van der Waals surface area contributed by atoms with Crippen LogP contribution in [0.5, 0.6) is 11.9 Å². The van der Waals surface area contributed by atoms with Crippen LogP contribution >= 0.6 is 0 Å². The van der Waals surface area contributed by atoms with Gasteiger partial charge in [-0.2, -0.15) is 23.1 Å². The second-order valence-corrected chi connectivity index (χ2v) is 15.6. The molecule has 5 aromatic rings. The van der Waals surface area contributed by atoms with E-state index in [1.165, 1.54) is 6.07 Å². The number of ether oxygens (including phenoxy) is 2. The number of nitrogens with zero attached hydrogens (tertiary/aromatic N) is 6. The predicted octanol–water partition coefficient (Wildman–Crippen LogP) is 8.26. The van der Waals surface area contributed by atoms with Crippen molar-refractivity contribution in [2.24, 2.45) is 0 Å². The molecular formula is C43H45F5N8O2. The van der Waals surface area contributed by atoms with Crippen molar-refractivity contribution in [1.82, 2.24) is 35.1 Å². The maximum atomic E-state index is 17.3. The molecule has 0 aliphatic carbocycles. The molecule has 2 aromatic carbocycles. The molecule has 8 rings (SSSR count). The molecule has 4 atom stereocenters. The highest BCUT2D eigenvalue weighted by atomic mass is 19.4. The molecule has 15 heteroatoms. The van der Waals surface area contributed by atoms with E-state index in [9.17, 15) is 13.2 Å². The zero-order valence-corrected chi connectivity index (χ0v) is 32.4. The molecule has 3 aromatic heterocycles. The fourth-order valence-corrected chi connectivity index (χ4v) is 8.98. The molecule has 0 spiro atoms. The molecule has 0 saturated carbocycles. The molecule has 0 unspecified atom stereocenters. The quantitative estimate of drug-likeness (QED) is 0.118. The second-order valence-electron chi connectivity index (χ2n) is 15.6. The summed E-state index contributed by atoms with van der Waals surface area (Å²) in [4.78, 5) is 24.1. The van der Waals surface area contributed by atoms with Crippen molar-refractivity contribution in [3.8, 4) is 35.5 Å². The normalized spacial score (nSPS) is 22.8. The molecule has 3 aliphatic heterocycles. The fourth-order valence-electron chi connectivity index (χ4n) is 8.98. The van der Waals surface area contributed by atoms with Gasteiger partial charge in [0.1, 0.15) is 42.4 Å². The number of hydrogen-bond donors (Lipinski definition) is 2. The Morgan fingerprint density at radius 1 is 1.00 bits per heavy atom. The molecule has 0 radical (unpaired) electrons. The molecule has 58 heavy (non-hydrogen) atoms. The molecule has 304 valence electrons. The Hall–Kier alpha value is -5.20. The number of benzene rings is 2. The summed E-state index contributed by atoms with van der Waals surface area (Å²) in [5.41, 5.74) is -0.397. The lowest BCUT2D eigenvalue weighted by atomic mass is 9.95. The van der Waals surface area contributed by atoms with Gasteiger partial charge in [0, 0.05) is 41.7 Å². The van der Waals surface area contributed by atoms with Gasteiger partial charge in [-0.3, -0.25) is 4.90 Å². The molecule has 10 nitrogen and oxygen atoms in total. The number of alkyl halides is 3. The van der Waals surface area contributed by atoms with Crippen molar-refractivity contribution >= 4 is 27.5 Å². The maximum Gasteiger partial charge on any atom is 0.433 e. The van der Waals surface area contributed by atoms with Gasteiger partial charge in [-0.05, 0) is 76.3 Å². The van der Waals surface area contributed by atoms with Crippen LogP contribution in [0.2, 0.25) is 0 Å². The van der Waals surface area contributed by atoms with Crippen LogP contribution in [-0.4, -0.2) is 79.8 Å². The first kappa shape index (κ1) is 39.6. The monoisotopic (exact) mass is 800 g/mol. The van der Waals surface area contributed by atoms with E-state index in [1.807, 2.05) is 0 Å². The minimum absolute atomic E-state index is 0.00617. The Bertz CT molecular complexity index is 2370. The van der Waals surface area contributed by atoms with Crippen molar-refractivity contribution < 1.29 is 31.4 Å². The maximum absolute atomic E-state index is 17.3. The minimum atomic E-state index is -4.61. The van der Waals surface area contributed by atoms with Gasteiger partial charge >= 0.3 is 12.2 Å². The number of aryl methyl sites for hydroxylation is 1. The van der Waals surface area contributed by atoms with E-state index < -0.39 is 29.0 Å². The predicted molar refractivity (Wildman–Crippen MR) is 211 cm³/mol. The van der Waals surface area contributed by atoms with E-state index in [0.717, 1.165) is 70.3 Å². The van der Waals surface area contributed by atoms with Gasteiger partial charge in [0.2, 0.25) is 5.88 Å². The van der Waals surface area contributed by atoms with Crippen molar-refractivity contribution in [3.05, 3.63) is 71.3 Å². The molecule has 0 amide bonds. The summed E-state index contributed by atoms with van der Waals surface area (Å²) >= 11 is 0. The van der Waals surface area contributed by atoms with E-state index in [2.05, 4.69) is 45.3 Å². The van der Waals surface area contributed by atoms with Crippen LogP contribution in [0.25, 0.3) is 32.9 Å². The van der Waals surface area contributed by atoms with Crippen molar-refractivity contribution in [2.45, 2.75) is 101 Å². The summed E-state index contributed by atoms with van der Waals surface area (Å²) in [6.07, 6.45) is 9.29. The standard InChI is InChI=1S/C43H45F5N8O2/c1-4-27-21-49-40-36-32(13-7-6-10-25(3)52-27)53-38(30-12-8-11-26-14-15-31(44)29(5-2)35(26)30)37(45)39(36)54-41(55-40)58-23-42-17-9-19-56(42)28(16-18-42)22-57-34-20-33(43(46,47)48)50-24-51-34/h2,8,11-12,14-15,20,24-25,27-28,52H,4,6-7,9-10,13,16-19,21-23H2,1,3H3,(H,49,54,55)/t25-,27+,28-,42-/m0/s1. The first-order valence-electron chi connectivity index (χ1n) is 20.0. The van der Waals surface area contributed by atoms with Crippen molar-refractivity contribution in [3.63, 3.8) is 0 Å². The number of pyridine rings is 1. The molecule has 2 saturated heterocycles. The zero-order chi connectivity index (χ0) is 40.6. The highest BCUT2D eigenvalue weighted by molar-refractivity contribution is 6.02. The largest absolute Gasteiger partial charge is 0.476 e. The third-order valence-corrected chi connectivity index (χ3v) is 11.9. The summed E-state index contributed by atoms with van der Waals surface area (Å²) in [7, 11) is 0. The van der Waals surface area contributed by atoms with Gasteiger partial charge in [-0.1, -0.05) is 43.5 Å². The third kappa shape index (κ3) is 7.71. The summed E-state index contributed by atoms with van der Waals surface area (Å²) in [6.45, 7) is 5.90. The Balaban J connectivity index is 1.15. The smallest absolute Gasteiger partial charge is 0.433 e. The second kappa shape index (κ2) is 16.2. The molecule has 0 bridgehead atoms. The molecule has 6 heterocycles. The van der Waals surface area contributed by atoms with Crippen LogP contribution in [0.1, 0.15) is 82.2 Å². The number of anilines is 1. The highest BCUT2D eigenvalue weighted by Gasteiger charge is 2.50. The fraction of sp³-hybridized carbons (Fsp3) is 0.465. The Morgan fingerprint density at radius 3 is 2.67 bits per heavy atom. The number of halogens is 5. The number of nitrogens with one attached hydrogen (secondary N) is 2. The average Bonchev–Trinajstić information content (AvgIpc) is 3.78. The lowest BCUT2D eigenvalue weighted by Crippen LogP contribution is -2.48. The van der Waals surface area contributed by atoms with Gasteiger partial charge in [0.25, 0.3) is 0 Å². The molecule has 3 aliphatic rings. The first-order valence-corrected chi connectivity index (χ1v) is 20.0. The van der Waals surface area contributed by atoms with Crippen LogP contribution in [0.3, 0.4) is 0 Å². The first-order chi connectivity index (χ1) is 28.0. The third-order valence-electron chi connectivity index (χ3n) is 11.9. The minimum Gasteiger partial charge on any atom is -0.476 e. The van der Waals surface area contributed by atoms with Crippen LogP contribution in [0.4, 0.5) is 27.8 Å². The van der Waals surface area contributed by atoms with E-state index >= 15 is 8.78 Å². The topological polar surface area (TPSA) is 110 Å². The summed E-state index contributed by atoms with van der Waals surface area (Å²) in [5.74, 6) is 1.46. The zero-order valence-electron chi connectivity index (χ0n) is 32.4. The lowest BCUT2D eigenvalue weighted by Gasteiger charge is -2.34. The van der Waals surface area contributed by atoms with E-state index in [-0.39, 0.29) is 60.0 Å². The van der Waals surface area contributed by atoms with Crippen LogP contribution in [0.15, 0.2) is 42.7 Å². The van der Waals surface area contributed by atoms with Gasteiger partial charge < -0.3 is 20.1 Å². The van der Waals surface area contributed by atoms with E-state index in [4.69, 9.17) is 30.8 Å². The SMILES string of the molecule is C#Cc1c(F)ccc2cccc(-c3nc4c5c(nc(OC[C@@]67CCCN6[C@H](COc6cc(C(F)(F)F)ncn6)CC7)nc5c3F)NC[C@@H](CC)N[C@@H](C)CCCC4)c12. The average molecular weight is 801 g/mol. The Labute approximate surface area is 333 Å². The van der Waals surface area contributed by atoms with Gasteiger partial charge in [-0.15, -0.1) is 6.42 Å². The number of fused-ring (bicyclic) bond motifs is 2. The summed E-state index contributed by atoms with van der Waals surface area (Å²) in [5, 5.41) is 8.71. The van der Waals surface area contributed by atoms with Crippen LogP contribution in [0, 0.1) is 24.0 Å². The summed E-state index contributed by atoms with van der Waals surface area (Å²) in [6, 6.07) is 9.32. The van der Waals surface area contributed by atoms with Crippen molar-refractivity contribution in [2.75, 3.05) is 31.6 Å². The molecule has 2 fully saturated rings. The van der Waals surface area contributed by atoms with Crippen LogP contribution in [-0.2, 0) is 12.6 Å². The lowest BCUT2D eigenvalue weighted by molar-refractivity contribution is -0.141. The number of hydrogen-bond acceptors (Lipinski definition) is 10. The number of aromatic nitrogens is 5.